The first-order chi connectivity index (χ1) is 12.4. The minimum absolute atomic E-state index is 0.262. The lowest BCUT2D eigenvalue weighted by Crippen LogP contribution is -2.56. The number of carboxylic acids is 1. The Labute approximate surface area is 151 Å². The Morgan fingerprint density at radius 3 is 2.35 bits per heavy atom. The minimum atomic E-state index is -1.33. The topological polar surface area (TPSA) is 84.9 Å². The van der Waals surface area contributed by atoms with Gasteiger partial charge in [-0.3, -0.25) is 4.79 Å². The van der Waals surface area contributed by atoms with Crippen LogP contribution in [0.25, 0.3) is 0 Å². The normalized spacial score (nSPS) is 14.4. The van der Waals surface area contributed by atoms with Gasteiger partial charge in [-0.05, 0) is 35.7 Å². The number of hydrogen-bond acceptors (Lipinski definition) is 4. The Kier molecular flexibility index (Phi) is 4.84. The predicted molar refractivity (Wildman–Crippen MR) is 95.6 cm³/mol. The van der Waals surface area contributed by atoms with Crippen LogP contribution in [0.2, 0.25) is 0 Å². The average Bonchev–Trinajstić information content (AvgIpc) is 2.99. The van der Waals surface area contributed by atoms with Gasteiger partial charge < -0.3 is 19.9 Å². The molecule has 2 aromatic carbocycles. The van der Waals surface area contributed by atoms with Crippen LogP contribution >= 0.6 is 0 Å². The van der Waals surface area contributed by atoms with Gasteiger partial charge in [0.15, 0.2) is 18.1 Å². The molecular formula is C20H21NO5. The number of hydrogen-bond donors (Lipinski definition) is 2. The van der Waals surface area contributed by atoms with Gasteiger partial charge in [-0.25, -0.2) is 4.79 Å². The van der Waals surface area contributed by atoms with Gasteiger partial charge in [0.2, 0.25) is 0 Å². The maximum absolute atomic E-state index is 12.4. The van der Waals surface area contributed by atoms with Crippen LogP contribution in [0.5, 0.6) is 11.5 Å². The van der Waals surface area contributed by atoms with E-state index in [4.69, 9.17) is 9.47 Å². The smallest absolute Gasteiger partial charge is 0.330 e. The third-order valence-corrected chi connectivity index (χ3v) is 4.57. The predicted octanol–water partition coefficient (Wildman–Crippen LogP) is 2.12. The van der Waals surface area contributed by atoms with E-state index in [-0.39, 0.29) is 19.4 Å². The van der Waals surface area contributed by atoms with Crippen molar-refractivity contribution in [2.45, 2.75) is 25.3 Å². The Balaban J connectivity index is 1.68. The summed E-state index contributed by atoms with van der Waals surface area (Å²) in [4.78, 5) is 24.2. The molecule has 0 unspecified atom stereocenters. The van der Waals surface area contributed by atoms with Crippen molar-refractivity contribution in [1.29, 1.82) is 0 Å². The molecule has 1 aliphatic carbocycles. The molecule has 0 heterocycles. The molecule has 0 fully saturated rings. The molecule has 0 aromatic heterocycles. The van der Waals surface area contributed by atoms with Crippen molar-refractivity contribution in [2.24, 2.45) is 0 Å². The van der Waals surface area contributed by atoms with Crippen LogP contribution in [-0.2, 0) is 22.4 Å². The van der Waals surface area contributed by atoms with E-state index in [0.29, 0.717) is 11.5 Å². The van der Waals surface area contributed by atoms with Crippen LogP contribution in [0.15, 0.2) is 42.5 Å². The summed E-state index contributed by atoms with van der Waals surface area (Å²) in [5.41, 5.74) is 1.56. The number of methoxy groups -OCH3 is 1. The fourth-order valence-corrected chi connectivity index (χ4v) is 3.25. The van der Waals surface area contributed by atoms with Gasteiger partial charge in [0.25, 0.3) is 5.91 Å². The third-order valence-electron chi connectivity index (χ3n) is 4.57. The molecule has 1 aliphatic rings. The lowest BCUT2D eigenvalue weighted by molar-refractivity contribution is -0.147. The summed E-state index contributed by atoms with van der Waals surface area (Å²) in [5.74, 6) is -0.566. The molecule has 136 valence electrons. The van der Waals surface area contributed by atoms with E-state index in [1.165, 1.54) is 7.11 Å². The quantitative estimate of drug-likeness (QED) is 0.829. The number of ether oxygens (including phenoxy) is 2. The van der Waals surface area contributed by atoms with Crippen LogP contribution in [0.4, 0.5) is 0 Å². The molecule has 0 spiro atoms. The zero-order valence-electron chi connectivity index (χ0n) is 14.7. The van der Waals surface area contributed by atoms with Crippen molar-refractivity contribution in [3.63, 3.8) is 0 Å². The van der Waals surface area contributed by atoms with E-state index in [9.17, 15) is 14.7 Å². The molecule has 2 N–H and O–H groups in total. The van der Waals surface area contributed by atoms with Gasteiger partial charge >= 0.3 is 5.97 Å². The second-order valence-corrected chi connectivity index (χ2v) is 6.50. The molecule has 0 aliphatic heterocycles. The lowest BCUT2D eigenvalue weighted by atomic mass is 9.96. The van der Waals surface area contributed by atoms with Crippen LogP contribution in [-0.4, -0.2) is 36.2 Å². The highest BCUT2D eigenvalue weighted by Gasteiger charge is 2.45. The number of rotatable bonds is 6. The largest absolute Gasteiger partial charge is 0.493 e. The number of amides is 1. The van der Waals surface area contributed by atoms with E-state index in [1.54, 1.807) is 12.1 Å². The van der Waals surface area contributed by atoms with Gasteiger partial charge in [0, 0.05) is 12.8 Å². The summed E-state index contributed by atoms with van der Waals surface area (Å²) in [5, 5.41) is 12.4. The second-order valence-electron chi connectivity index (χ2n) is 6.50. The molecule has 0 saturated carbocycles. The molecule has 0 radical (unpaired) electrons. The van der Waals surface area contributed by atoms with E-state index in [0.717, 1.165) is 16.7 Å². The highest BCUT2D eigenvalue weighted by Crippen LogP contribution is 2.31. The summed E-state index contributed by atoms with van der Waals surface area (Å²) in [6.45, 7) is 1.64. The molecule has 0 atom stereocenters. The van der Waals surface area contributed by atoms with E-state index in [2.05, 4.69) is 5.32 Å². The molecule has 0 bridgehead atoms. The van der Waals surface area contributed by atoms with Crippen molar-refractivity contribution in [3.8, 4) is 11.5 Å². The molecule has 3 rings (SSSR count). The van der Waals surface area contributed by atoms with Crippen molar-refractivity contribution < 1.29 is 24.2 Å². The molecule has 0 saturated heterocycles. The van der Waals surface area contributed by atoms with Crippen LogP contribution in [0, 0.1) is 6.92 Å². The van der Waals surface area contributed by atoms with Crippen LogP contribution in [0.3, 0.4) is 0 Å². The Hall–Kier alpha value is -3.02. The first-order valence-electron chi connectivity index (χ1n) is 8.32. The molecule has 2 aromatic rings. The highest BCUT2D eigenvalue weighted by atomic mass is 16.5. The maximum Gasteiger partial charge on any atom is 0.330 e. The number of carboxylic acid groups (broad SMARTS) is 1. The van der Waals surface area contributed by atoms with Gasteiger partial charge in [0.1, 0.15) is 5.54 Å². The number of nitrogens with one attached hydrogen (secondary N) is 1. The van der Waals surface area contributed by atoms with Crippen molar-refractivity contribution in [1.82, 2.24) is 5.32 Å². The average molecular weight is 355 g/mol. The number of carbonyl (C=O) groups excluding carboxylic acids is 1. The summed E-state index contributed by atoms with van der Waals surface area (Å²) in [7, 11) is 1.52. The Morgan fingerprint density at radius 2 is 1.77 bits per heavy atom. The minimum Gasteiger partial charge on any atom is -0.493 e. The summed E-state index contributed by atoms with van der Waals surface area (Å²) < 4.78 is 10.8. The first-order valence-corrected chi connectivity index (χ1v) is 8.32. The summed E-state index contributed by atoms with van der Waals surface area (Å²) >= 11 is 0. The maximum atomic E-state index is 12.4. The fourth-order valence-electron chi connectivity index (χ4n) is 3.25. The SMILES string of the molecule is COc1cc(C)ccc1OCC(=O)NC1(C(=O)O)Cc2ccccc2C1. The second kappa shape index (κ2) is 7.07. The number of aliphatic carboxylic acids is 1. The summed E-state index contributed by atoms with van der Waals surface area (Å²) in [6, 6.07) is 12.9. The van der Waals surface area contributed by atoms with E-state index < -0.39 is 17.4 Å². The molecule has 6 heteroatoms. The third kappa shape index (κ3) is 3.49. The van der Waals surface area contributed by atoms with Crippen molar-refractivity contribution in [2.75, 3.05) is 13.7 Å². The zero-order valence-corrected chi connectivity index (χ0v) is 14.7. The molecule has 6 nitrogen and oxygen atoms in total. The Morgan fingerprint density at radius 1 is 1.12 bits per heavy atom. The number of carbonyl (C=O) groups is 2. The number of benzene rings is 2. The lowest BCUT2D eigenvalue weighted by Gasteiger charge is -2.25. The Bertz CT molecular complexity index is 821. The van der Waals surface area contributed by atoms with Crippen molar-refractivity contribution >= 4 is 11.9 Å². The van der Waals surface area contributed by atoms with Crippen molar-refractivity contribution in [3.05, 3.63) is 59.2 Å². The van der Waals surface area contributed by atoms with Gasteiger partial charge in [-0.15, -0.1) is 0 Å². The van der Waals surface area contributed by atoms with Gasteiger partial charge in [-0.1, -0.05) is 30.3 Å². The fraction of sp³-hybridized carbons (Fsp3) is 0.300. The standard InChI is InChI=1S/C20H21NO5/c1-13-7-8-16(17(9-13)25-2)26-12-18(22)21-20(19(23)24)10-14-5-3-4-6-15(14)11-20/h3-9H,10-12H2,1-2H3,(H,21,22)(H,23,24). The number of aryl methyl sites for hydroxylation is 1. The molecule has 1 amide bonds. The zero-order chi connectivity index (χ0) is 18.7. The van der Waals surface area contributed by atoms with E-state index >= 15 is 0 Å². The molecule has 26 heavy (non-hydrogen) atoms. The monoisotopic (exact) mass is 355 g/mol. The summed E-state index contributed by atoms with van der Waals surface area (Å²) in [6.07, 6.45) is 0.524. The van der Waals surface area contributed by atoms with Gasteiger partial charge in [-0.2, -0.15) is 0 Å². The molecular weight excluding hydrogens is 334 g/mol. The highest BCUT2D eigenvalue weighted by molar-refractivity contribution is 5.89. The first kappa shape index (κ1) is 17.8. The number of fused-ring (bicyclic) bond motifs is 1. The van der Waals surface area contributed by atoms with Gasteiger partial charge in [0.05, 0.1) is 7.11 Å². The van der Waals surface area contributed by atoms with Crippen LogP contribution < -0.4 is 14.8 Å². The van der Waals surface area contributed by atoms with Crippen LogP contribution in [0.1, 0.15) is 16.7 Å². The van der Waals surface area contributed by atoms with E-state index in [1.807, 2.05) is 37.3 Å².